The maximum Gasteiger partial charge on any atom is 0.242 e. The molecule has 0 bridgehead atoms. The average molecular weight is 238 g/mol. The number of rotatable bonds is 3. The van der Waals surface area contributed by atoms with E-state index in [2.05, 4.69) is 31.0 Å². The van der Waals surface area contributed by atoms with Crippen LogP contribution in [-0.2, 0) is 4.79 Å². The molecule has 0 radical (unpaired) electrons. The molecule has 1 atom stereocenters. The van der Waals surface area contributed by atoms with E-state index < -0.39 is 0 Å². The molecule has 1 N–H and O–H groups in total. The molecular formula is C14H26N2O. The molecule has 2 aliphatic heterocycles. The molecule has 0 aromatic carbocycles. The van der Waals surface area contributed by atoms with Crippen molar-refractivity contribution in [1.29, 1.82) is 0 Å². The molecule has 2 rings (SSSR count). The smallest absolute Gasteiger partial charge is 0.242 e. The molecule has 0 aromatic heterocycles. The first kappa shape index (κ1) is 12.9. The number of amides is 1. The number of nitrogens with zero attached hydrogens (tertiary/aromatic N) is 1. The second-order valence-corrected chi connectivity index (χ2v) is 6.05. The largest absolute Gasteiger partial charge is 0.341 e. The van der Waals surface area contributed by atoms with Gasteiger partial charge in [0, 0.05) is 13.1 Å². The molecule has 0 aliphatic carbocycles. The van der Waals surface area contributed by atoms with E-state index in [-0.39, 0.29) is 5.54 Å². The topological polar surface area (TPSA) is 32.3 Å². The van der Waals surface area contributed by atoms with Crippen LogP contribution in [0.3, 0.4) is 0 Å². The normalized spacial score (nSPS) is 32.1. The predicted octanol–water partition coefficient (Wildman–Crippen LogP) is 2.17. The zero-order valence-corrected chi connectivity index (χ0v) is 11.5. The molecule has 1 amide bonds. The Balaban J connectivity index is 2.03. The van der Waals surface area contributed by atoms with Gasteiger partial charge in [-0.15, -0.1) is 0 Å². The molecule has 2 saturated heterocycles. The highest BCUT2D eigenvalue weighted by molar-refractivity contribution is 5.86. The van der Waals surface area contributed by atoms with Crippen LogP contribution in [0.1, 0.15) is 52.9 Å². The Kier molecular flexibility index (Phi) is 3.48. The fraction of sp³-hybridized carbons (Fsp3) is 0.929. The quantitative estimate of drug-likeness (QED) is 0.817. The van der Waals surface area contributed by atoms with Crippen LogP contribution in [0, 0.1) is 5.41 Å². The summed E-state index contributed by atoms with van der Waals surface area (Å²) in [5, 5.41) is 3.38. The van der Waals surface area contributed by atoms with Gasteiger partial charge in [-0.05, 0) is 51.0 Å². The van der Waals surface area contributed by atoms with Gasteiger partial charge in [-0.25, -0.2) is 0 Å². The van der Waals surface area contributed by atoms with Crippen molar-refractivity contribution in [3.8, 4) is 0 Å². The number of hydrogen-bond acceptors (Lipinski definition) is 2. The van der Waals surface area contributed by atoms with Gasteiger partial charge >= 0.3 is 0 Å². The Labute approximate surface area is 105 Å². The van der Waals surface area contributed by atoms with Gasteiger partial charge in [0.15, 0.2) is 0 Å². The summed E-state index contributed by atoms with van der Waals surface area (Å²) in [6.45, 7) is 9.50. The van der Waals surface area contributed by atoms with E-state index in [1.165, 1.54) is 19.3 Å². The Bertz CT molecular complexity index is 291. The zero-order chi connectivity index (χ0) is 12.5. The Morgan fingerprint density at radius 2 is 2.00 bits per heavy atom. The van der Waals surface area contributed by atoms with Gasteiger partial charge in [-0.2, -0.15) is 0 Å². The number of carbonyl (C=O) groups excluding carboxylic acids is 1. The van der Waals surface area contributed by atoms with Gasteiger partial charge in [0.1, 0.15) is 0 Å². The minimum Gasteiger partial charge on any atom is -0.341 e. The number of hydrogen-bond donors (Lipinski definition) is 1. The fourth-order valence-corrected chi connectivity index (χ4v) is 3.36. The van der Waals surface area contributed by atoms with E-state index in [9.17, 15) is 4.79 Å². The van der Waals surface area contributed by atoms with Crippen molar-refractivity contribution in [3.63, 3.8) is 0 Å². The van der Waals surface area contributed by atoms with Crippen molar-refractivity contribution in [2.24, 2.45) is 5.41 Å². The molecular weight excluding hydrogens is 212 g/mol. The number of nitrogens with one attached hydrogen (secondary N) is 1. The van der Waals surface area contributed by atoms with Crippen molar-refractivity contribution in [2.45, 2.75) is 58.4 Å². The van der Waals surface area contributed by atoms with Crippen LogP contribution in [0.4, 0.5) is 0 Å². The summed E-state index contributed by atoms with van der Waals surface area (Å²) in [6, 6.07) is 0. The van der Waals surface area contributed by atoms with Gasteiger partial charge in [-0.1, -0.05) is 13.8 Å². The van der Waals surface area contributed by atoms with Crippen LogP contribution < -0.4 is 5.32 Å². The van der Waals surface area contributed by atoms with Crippen LogP contribution >= 0.6 is 0 Å². The molecule has 2 aliphatic rings. The monoisotopic (exact) mass is 238 g/mol. The van der Waals surface area contributed by atoms with E-state index >= 15 is 0 Å². The number of likely N-dealkylation sites (tertiary alicyclic amines) is 1. The van der Waals surface area contributed by atoms with E-state index in [4.69, 9.17) is 0 Å². The molecule has 0 spiro atoms. The lowest BCUT2D eigenvalue weighted by Gasteiger charge is -2.31. The highest BCUT2D eigenvalue weighted by Gasteiger charge is 2.44. The lowest BCUT2D eigenvalue weighted by Crippen LogP contribution is -2.52. The summed E-state index contributed by atoms with van der Waals surface area (Å²) in [4.78, 5) is 14.7. The molecule has 2 heterocycles. The van der Waals surface area contributed by atoms with Gasteiger partial charge < -0.3 is 10.2 Å². The van der Waals surface area contributed by atoms with Gasteiger partial charge in [0.2, 0.25) is 5.91 Å². The van der Waals surface area contributed by atoms with Gasteiger partial charge in [-0.3, -0.25) is 4.79 Å². The summed E-state index contributed by atoms with van der Waals surface area (Å²) in [5.41, 5.74) is 0.113. The van der Waals surface area contributed by atoms with E-state index in [1.54, 1.807) is 0 Å². The van der Waals surface area contributed by atoms with Crippen LogP contribution in [0.5, 0.6) is 0 Å². The highest BCUT2D eigenvalue weighted by Crippen LogP contribution is 2.38. The molecule has 2 fully saturated rings. The maximum absolute atomic E-state index is 12.6. The third kappa shape index (κ3) is 2.22. The van der Waals surface area contributed by atoms with Crippen LogP contribution in [0.2, 0.25) is 0 Å². The summed E-state index contributed by atoms with van der Waals surface area (Å²) in [5.74, 6) is 0.332. The van der Waals surface area contributed by atoms with Gasteiger partial charge in [0.25, 0.3) is 0 Å². The molecule has 0 aromatic rings. The second-order valence-electron chi connectivity index (χ2n) is 6.05. The minimum absolute atomic E-state index is 0.280. The summed E-state index contributed by atoms with van der Waals surface area (Å²) in [7, 11) is 0. The van der Waals surface area contributed by atoms with Crippen LogP contribution in [0.15, 0.2) is 0 Å². The Morgan fingerprint density at radius 3 is 2.47 bits per heavy atom. The zero-order valence-electron chi connectivity index (χ0n) is 11.5. The summed E-state index contributed by atoms with van der Waals surface area (Å²) < 4.78 is 0. The van der Waals surface area contributed by atoms with Crippen molar-refractivity contribution >= 4 is 5.91 Å². The Hall–Kier alpha value is -0.570. The van der Waals surface area contributed by atoms with Crippen molar-refractivity contribution < 1.29 is 4.79 Å². The SMILES string of the molecule is CCC1(CC)CCN(C(=O)C2(C)CCCN2)C1. The van der Waals surface area contributed by atoms with Gasteiger partial charge in [0.05, 0.1) is 5.54 Å². The van der Waals surface area contributed by atoms with Crippen molar-refractivity contribution in [3.05, 3.63) is 0 Å². The van der Waals surface area contributed by atoms with E-state index in [1.807, 2.05) is 0 Å². The minimum atomic E-state index is -0.280. The first-order valence-electron chi connectivity index (χ1n) is 7.10. The molecule has 98 valence electrons. The number of carbonyl (C=O) groups is 1. The maximum atomic E-state index is 12.6. The Morgan fingerprint density at radius 1 is 1.29 bits per heavy atom. The lowest BCUT2D eigenvalue weighted by atomic mass is 9.82. The molecule has 3 nitrogen and oxygen atoms in total. The van der Waals surface area contributed by atoms with E-state index in [0.717, 1.165) is 32.5 Å². The summed E-state index contributed by atoms with van der Waals surface area (Å²) in [6.07, 6.45) is 5.69. The third-order valence-corrected chi connectivity index (χ3v) is 5.07. The molecule has 0 saturated carbocycles. The van der Waals surface area contributed by atoms with Crippen LogP contribution in [-0.4, -0.2) is 36.0 Å². The summed E-state index contributed by atoms with van der Waals surface area (Å²) >= 11 is 0. The first-order chi connectivity index (χ1) is 8.05. The molecule has 3 heteroatoms. The highest BCUT2D eigenvalue weighted by atomic mass is 16.2. The van der Waals surface area contributed by atoms with Crippen LogP contribution in [0.25, 0.3) is 0 Å². The second kappa shape index (κ2) is 4.60. The van der Waals surface area contributed by atoms with Crippen molar-refractivity contribution in [1.82, 2.24) is 10.2 Å². The standard InChI is InChI=1S/C14H26N2O/c1-4-14(5-2)8-10-16(11-14)12(17)13(3)7-6-9-15-13/h15H,4-11H2,1-3H3. The predicted molar refractivity (Wildman–Crippen MR) is 69.9 cm³/mol. The molecule has 1 unspecified atom stereocenters. The fourth-order valence-electron chi connectivity index (χ4n) is 3.36. The molecule has 17 heavy (non-hydrogen) atoms. The third-order valence-electron chi connectivity index (χ3n) is 5.07. The average Bonchev–Trinajstić information content (AvgIpc) is 2.96. The first-order valence-corrected chi connectivity index (χ1v) is 7.10. The lowest BCUT2D eigenvalue weighted by molar-refractivity contribution is -0.136. The van der Waals surface area contributed by atoms with Crippen molar-refractivity contribution in [2.75, 3.05) is 19.6 Å². The van der Waals surface area contributed by atoms with E-state index in [0.29, 0.717) is 11.3 Å².